The highest BCUT2D eigenvalue weighted by atomic mass is 32.2. The summed E-state index contributed by atoms with van der Waals surface area (Å²) in [5.41, 5.74) is 3.74. The summed E-state index contributed by atoms with van der Waals surface area (Å²) in [5.74, 6) is 1.99. The number of hydrogen-bond acceptors (Lipinski definition) is 7. The van der Waals surface area contributed by atoms with E-state index in [0.717, 1.165) is 22.8 Å². The number of piperazine rings is 1. The van der Waals surface area contributed by atoms with E-state index in [2.05, 4.69) is 20.2 Å². The van der Waals surface area contributed by atoms with Crippen LogP contribution in [0.25, 0.3) is 0 Å². The molecule has 33 heavy (non-hydrogen) atoms. The van der Waals surface area contributed by atoms with Crippen molar-refractivity contribution in [3.63, 3.8) is 0 Å². The Labute approximate surface area is 195 Å². The van der Waals surface area contributed by atoms with E-state index >= 15 is 0 Å². The molecule has 0 atom stereocenters. The Bertz CT molecular complexity index is 1240. The molecule has 3 aromatic rings. The molecule has 0 amide bonds. The summed E-state index contributed by atoms with van der Waals surface area (Å²) in [7, 11) is -1.99. The van der Waals surface area contributed by atoms with E-state index in [1.807, 2.05) is 51.1 Å². The zero-order valence-corrected chi connectivity index (χ0v) is 20.2. The van der Waals surface area contributed by atoms with Crippen molar-refractivity contribution in [3.05, 3.63) is 65.4 Å². The van der Waals surface area contributed by atoms with Crippen LogP contribution in [0.4, 0.5) is 17.5 Å². The number of aromatic nitrogens is 2. The van der Waals surface area contributed by atoms with Gasteiger partial charge in [0.1, 0.15) is 11.6 Å². The third kappa shape index (κ3) is 5.09. The molecule has 1 fully saturated rings. The van der Waals surface area contributed by atoms with Crippen molar-refractivity contribution < 1.29 is 13.2 Å². The quantitative estimate of drug-likeness (QED) is 0.592. The van der Waals surface area contributed by atoms with Gasteiger partial charge in [0.15, 0.2) is 0 Å². The number of benzene rings is 2. The van der Waals surface area contributed by atoms with Gasteiger partial charge in [-0.05, 0) is 56.7 Å². The number of aryl methyl sites for hydroxylation is 3. The van der Waals surface area contributed by atoms with Gasteiger partial charge in [-0.25, -0.2) is 13.4 Å². The molecule has 1 aromatic heterocycles. The highest BCUT2D eigenvalue weighted by molar-refractivity contribution is 7.89. The van der Waals surface area contributed by atoms with Gasteiger partial charge in [0, 0.05) is 43.6 Å². The molecule has 1 N–H and O–H groups in total. The zero-order chi connectivity index (χ0) is 23.6. The second kappa shape index (κ2) is 9.36. The lowest BCUT2D eigenvalue weighted by Crippen LogP contribution is -2.49. The Morgan fingerprint density at radius 1 is 0.909 bits per heavy atom. The van der Waals surface area contributed by atoms with Crippen LogP contribution in [-0.2, 0) is 10.0 Å². The summed E-state index contributed by atoms with van der Waals surface area (Å²) in [4.78, 5) is 11.6. The van der Waals surface area contributed by atoms with Gasteiger partial charge in [-0.1, -0.05) is 17.7 Å². The summed E-state index contributed by atoms with van der Waals surface area (Å²) in [6, 6.07) is 14.9. The van der Waals surface area contributed by atoms with E-state index in [1.165, 1.54) is 9.87 Å². The largest absolute Gasteiger partial charge is 0.496 e. The van der Waals surface area contributed by atoms with Gasteiger partial charge in [-0.3, -0.25) is 0 Å². The highest BCUT2D eigenvalue weighted by Gasteiger charge is 2.29. The fraction of sp³-hybridized carbons (Fsp3) is 0.333. The Hall–Kier alpha value is -3.17. The van der Waals surface area contributed by atoms with Gasteiger partial charge in [0.25, 0.3) is 0 Å². The van der Waals surface area contributed by atoms with Crippen LogP contribution in [0, 0.1) is 20.8 Å². The Morgan fingerprint density at radius 3 is 2.24 bits per heavy atom. The van der Waals surface area contributed by atoms with Gasteiger partial charge in [-0.15, -0.1) is 0 Å². The zero-order valence-electron chi connectivity index (χ0n) is 19.4. The number of rotatable bonds is 6. The first-order valence-electron chi connectivity index (χ1n) is 10.9. The fourth-order valence-corrected chi connectivity index (χ4v) is 5.36. The Kier molecular flexibility index (Phi) is 6.53. The van der Waals surface area contributed by atoms with Gasteiger partial charge in [-0.2, -0.15) is 9.29 Å². The van der Waals surface area contributed by atoms with Crippen molar-refractivity contribution in [1.29, 1.82) is 0 Å². The molecule has 8 nitrogen and oxygen atoms in total. The molecule has 0 aliphatic carbocycles. The lowest BCUT2D eigenvalue weighted by atomic mass is 10.2. The molecule has 0 unspecified atom stereocenters. The Morgan fingerprint density at radius 2 is 1.61 bits per heavy atom. The number of nitrogens with one attached hydrogen (secondary N) is 1. The third-order valence-corrected chi connectivity index (χ3v) is 7.61. The van der Waals surface area contributed by atoms with Crippen LogP contribution < -0.4 is 15.0 Å². The molecule has 0 radical (unpaired) electrons. The monoisotopic (exact) mass is 467 g/mol. The number of anilines is 3. The van der Waals surface area contributed by atoms with Crippen LogP contribution in [-0.4, -0.2) is 56.0 Å². The number of methoxy groups -OCH3 is 1. The van der Waals surface area contributed by atoms with Crippen molar-refractivity contribution in [2.24, 2.45) is 0 Å². The van der Waals surface area contributed by atoms with Crippen molar-refractivity contribution in [2.75, 3.05) is 43.5 Å². The van der Waals surface area contributed by atoms with Gasteiger partial charge in [0.2, 0.25) is 16.0 Å². The molecule has 1 aliphatic heterocycles. The summed E-state index contributed by atoms with van der Waals surface area (Å²) < 4.78 is 33.1. The predicted molar refractivity (Wildman–Crippen MR) is 130 cm³/mol. The molecular weight excluding hydrogens is 438 g/mol. The lowest BCUT2D eigenvalue weighted by Gasteiger charge is -2.35. The van der Waals surface area contributed by atoms with Gasteiger partial charge < -0.3 is 15.0 Å². The number of sulfonamides is 1. The lowest BCUT2D eigenvalue weighted by molar-refractivity contribution is 0.383. The van der Waals surface area contributed by atoms with Crippen LogP contribution in [0.1, 0.15) is 16.8 Å². The minimum absolute atomic E-state index is 0.289. The van der Waals surface area contributed by atoms with E-state index in [-0.39, 0.29) is 4.90 Å². The number of hydrogen-bond donors (Lipinski definition) is 1. The first-order chi connectivity index (χ1) is 15.8. The number of nitrogens with zero attached hydrogens (tertiary/aromatic N) is 4. The fourth-order valence-electron chi connectivity index (χ4n) is 3.85. The first-order valence-corrected chi connectivity index (χ1v) is 12.3. The maximum absolute atomic E-state index is 13.1. The molecule has 1 aliphatic rings. The maximum atomic E-state index is 13.1. The van der Waals surface area contributed by atoms with E-state index in [9.17, 15) is 8.42 Å². The average molecular weight is 468 g/mol. The second-order valence-corrected chi connectivity index (χ2v) is 10.1. The standard InChI is InChI=1S/C24H29N5O3S/c1-17-5-7-20(8-6-17)26-24-25-19(3)16-23(27-24)28-11-13-29(14-12-28)33(30,31)21-9-10-22(32-4)18(2)15-21/h5-10,15-16H,11-14H2,1-4H3,(H,25,26,27). The topological polar surface area (TPSA) is 87.7 Å². The third-order valence-electron chi connectivity index (χ3n) is 5.72. The summed E-state index contributed by atoms with van der Waals surface area (Å²) in [6.45, 7) is 7.69. The maximum Gasteiger partial charge on any atom is 0.243 e. The van der Waals surface area contributed by atoms with Crippen molar-refractivity contribution in [2.45, 2.75) is 25.7 Å². The summed E-state index contributed by atoms with van der Waals surface area (Å²) in [6.07, 6.45) is 0. The molecule has 174 valence electrons. The molecule has 4 rings (SSSR count). The van der Waals surface area contributed by atoms with Crippen molar-refractivity contribution in [3.8, 4) is 5.75 Å². The van der Waals surface area contributed by atoms with Crippen LogP contribution in [0.5, 0.6) is 5.75 Å². The van der Waals surface area contributed by atoms with Crippen LogP contribution >= 0.6 is 0 Å². The SMILES string of the molecule is COc1ccc(S(=O)(=O)N2CCN(c3cc(C)nc(Nc4ccc(C)cc4)n3)CC2)cc1C. The molecule has 2 heterocycles. The van der Waals surface area contributed by atoms with E-state index < -0.39 is 10.0 Å². The van der Waals surface area contributed by atoms with Crippen LogP contribution in [0.15, 0.2) is 53.4 Å². The molecule has 9 heteroatoms. The average Bonchev–Trinajstić information content (AvgIpc) is 2.80. The molecule has 1 saturated heterocycles. The summed E-state index contributed by atoms with van der Waals surface area (Å²) in [5, 5.41) is 3.26. The molecular formula is C24H29N5O3S. The first kappa shape index (κ1) is 23.0. The second-order valence-electron chi connectivity index (χ2n) is 8.20. The normalized spacial score (nSPS) is 14.8. The minimum atomic E-state index is -3.57. The molecule has 0 spiro atoms. The smallest absolute Gasteiger partial charge is 0.243 e. The number of ether oxygens (including phenoxy) is 1. The van der Waals surface area contributed by atoms with E-state index in [4.69, 9.17) is 4.74 Å². The molecule has 2 aromatic carbocycles. The van der Waals surface area contributed by atoms with E-state index in [1.54, 1.807) is 25.3 Å². The van der Waals surface area contributed by atoms with Gasteiger partial charge >= 0.3 is 0 Å². The van der Waals surface area contributed by atoms with Crippen LogP contribution in [0.2, 0.25) is 0 Å². The highest BCUT2D eigenvalue weighted by Crippen LogP contribution is 2.26. The van der Waals surface area contributed by atoms with E-state index in [0.29, 0.717) is 37.9 Å². The summed E-state index contributed by atoms with van der Waals surface area (Å²) >= 11 is 0. The van der Waals surface area contributed by atoms with Crippen molar-refractivity contribution in [1.82, 2.24) is 14.3 Å². The Balaban J connectivity index is 1.46. The van der Waals surface area contributed by atoms with Crippen LogP contribution in [0.3, 0.4) is 0 Å². The van der Waals surface area contributed by atoms with Crippen molar-refractivity contribution >= 4 is 27.5 Å². The minimum Gasteiger partial charge on any atom is -0.496 e. The molecule has 0 bridgehead atoms. The predicted octanol–water partition coefficient (Wildman–Crippen LogP) is 3.66. The van der Waals surface area contributed by atoms with Gasteiger partial charge in [0.05, 0.1) is 12.0 Å². The molecule has 0 saturated carbocycles.